The standard InChI is InChI=1S/C25H22N2O6S2/c1-31-16-8-6-15(7-9-16)13-33-25(30)22-18(19-5-2-10-32-19)14-35-24-21(23(29)27(22)24)26-20(28)12-17-4-3-11-34-17/h2-11,21,24H,12-14H2,1H3,(H,26,28)/t21-,24+/m1/s1. The Morgan fingerprint density at radius 3 is 2.69 bits per heavy atom. The summed E-state index contributed by atoms with van der Waals surface area (Å²) in [6, 6.07) is 13.7. The zero-order chi connectivity index (χ0) is 24.4. The van der Waals surface area contributed by atoms with Gasteiger partial charge in [0, 0.05) is 16.2 Å². The molecule has 0 unspecified atom stereocenters. The number of nitrogens with one attached hydrogen (secondary N) is 1. The molecule has 180 valence electrons. The Bertz CT molecular complexity index is 1250. The molecule has 1 N–H and O–H groups in total. The van der Waals surface area contributed by atoms with Gasteiger partial charge in [-0.2, -0.15) is 0 Å². The highest BCUT2D eigenvalue weighted by atomic mass is 32.2. The first-order valence-corrected chi connectivity index (χ1v) is 12.8. The molecule has 0 saturated carbocycles. The predicted octanol–water partition coefficient (Wildman–Crippen LogP) is 3.45. The van der Waals surface area contributed by atoms with Gasteiger partial charge in [-0.05, 0) is 41.3 Å². The SMILES string of the molecule is COc1ccc(COC(=O)C2=C(c3ccco3)CS[C@H]3[C@H](NC(=O)Cc4cccs4)C(=O)N23)cc1. The van der Waals surface area contributed by atoms with E-state index < -0.39 is 17.4 Å². The van der Waals surface area contributed by atoms with Gasteiger partial charge in [0.25, 0.3) is 5.91 Å². The number of ether oxygens (including phenoxy) is 2. The molecule has 1 saturated heterocycles. The first-order chi connectivity index (χ1) is 17.0. The van der Waals surface area contributed by atoms with Crippen molar-refractivity contribution >= 4 is 46.5 Å². The van der Waals surface area contributed by atoms with E-state index in [1.807, 2.05) is 17.5 Å². The fraction of sp³-hybridized carbons (Fsp3) is 0.240. The predicted molar refractivity (Wildman–Crippen MR) is 131 cm³/mol. The lowest BCUT2D eigenvalue weighted by atomic mass is 10.0. The Morgan fingerprint density at radius 1 is 1.17 bits per heavy atom. The van der Waals surface area contributed by atoms with Crippen LogP contribution in [0.2, 0.25) is 0 Å². The quantitative estimate of drug-likeness (QED) is 0.366. The van der Waals surface area contributed by atoms with E-state index in [0.29, 0.717) is 22.8 Å². The summed E-state index contributed by atoms with van der Waals surface area (Å²) in [5.41, 5.74) is 1.54. The van der Waals surface area contributed by atoms with Crippen LogP contribution in [0, 0.1) is 0 Å². The van der Waals surface area contributed by atoms with Crippen LogP contribution in [-0.4, -0.2) is 47.0 Å². The van der Waals surface area contributed by atoms with Crippen LogP contribution in [0.4, 0.5) is 0 Å². The number of hydrogen-bond donors (Lipinski definition) is 1. The Labute approximate surface area is 209 Å². The summed E-state index contributed by atoms with van der Waals surface area (Å²) in [6.07, 6.45) is 1.73. The van der Waals surface area contributed by atoms with Crippen molar-refractivity contribution in [1.82, 2.24) is 10.2 Å². The number of rotatable bonds is 8. The van der Waals surface area contributed by atoms with Crippen LogP contribution in [0.1, 0.15) is 16.2 Å². The van der Waals surface area contributed by atoms with Gasteiger partial charge in [-0.15, -0.1) is 23.1 Å². The fourth-order valence-electron chi connectivity index (χ4n) is 3.98. The second kappa shape index (κ2) is 10.0. The van der Waals surface area contributed by atoms with Crippen LogP contribution in [0.15, 0.2) is 70.3 Å². The molecule has 2 aliphatic rings. The van der Waals surface area contributed by atoms with Gasteiger partial charge in [-0.1, -0.05) is 18.2 Å². The average molecular weight is 511 g/mol. The molecule has 3 aromatic rings. The third-order valence-corrected chi connectivity index (χ3v) is 7.90. The van der Waals surface area contributed by atoms with Crippen LogP contribution in [0.25, 0.3) is 5.57 Å². The summed E-state index contributed by atoms with van der Waals surface area (Å²) in [5, 5.41) is 4.34. The van der Waals surface area contributed by atoms with Gasteiger partial charge in [0.1, 0.15) is 35.2 Å². The van der Waals surface area contributed by atoms with Gasteiger partial charge >= 0.3 is 5.97 Å². The highest BCUT2D eigenvalue weighted by molar-refractivity contribution is 8.00. The average Bonchev–Trinajstić information content (AvgIpc) is 3.60. The third kappa shape index (κ3) is 4.71. The fourth-order valence-corrected chi connectivity index (χ4v) is 6.04. The Balaban J connectivity index is 1.33. The maximum Gasteiger partial charge on any atom is 0.355 e. The number of nitrogens with zero attached hydrogens (tertiary/aromatic N) is 1. The smallest absolute Gasteiger partial charge is 0.355 e. The van der Waals surface area contributed by atoms with E-state index in [0.717, 1.165) is 10.4 Å². The summed E-state index contributed by atoms with van der Waals surface area (Å²) in [4.78, 5) is 41.2. The minimum atomic E-state index is -0.699. The summed E-state index contributed by atoms with van der Waals surface area (Å²) in [5.74, 6) is 0.456. The zero-order valence-electron chi connectivity index (χ0n) is 18.8. The Hall–Kier alpha value is -3.50. The molecule has 2 atom stereocenters. The number of thiophene rings is 1. The number of β-lactam (4-membered cyclic amide) rings is 1. The minimum Gasteiger partial charge on any atom is -0.497 e. The number of thioether (sulfide) groups is 1. The van der Waals surface area contributed by atoms with E-state index in [4.69, 9.17) is 13.9 Å². The van der Waals surface area contributed by atoms with Gasteiger partial charge in [0.15, 0.2) is 0 Å². The van der Waals surface area contributed by atoms with Crippen molar-refractivity contribution < 1.29 is 28.3 Å². The van der Waals surface area contributed by atoms with E-state index in [1.54, 1.807) is 43.5 Å². The van der Waals surface area contributed by atoms with Gasteiger partial charge in [-0.3, -0.25) is 14.5 Å². The highest BCUT2D eigenvalue weighted by Gasteiger charge is 2.54. The van der Waals surface area contributed by atoms with E-state index in [2.05, 4.69) is 5.32 Å². The molecule has 5 rings (SSSR count). The van der Waals surface area contributed by atoms with E-state index in [1.165, 1.54) is 34.3 Å². The molecule has 1 fully saturated rings. The van der Waals surface area contributed by atoms with Crippen molar-refractivity contribution in [2.24, 2.45) is 0 Å². The van der Waals surface area contributed by atoms with Crippen LogP contribution in [-0.2, 0) is 32.1 Å². The molecule has 0 aliphatic carbocycles. The number of amides is 2. The van der Waals surface area contributed by atoms with Crippen molar-refractivity contribution in [3.8, 4) is 5.75 Å². The third-order valence-electron chi connectivity index (χ3n) is 5.74. The molecule has 0 radical (unpaired) electrons. The highest BCUT2D eigenvalue weighted by Crippen LogP contribution is 2.43. The number of fused-ring (bicyclic) bond motifs is 1. The van der Waals surface area contributed by atoms with E-state index in [-0.39, 0.29) is 30.5 Å². The summed E-state index contributed by atoms with van der Waals surface area (Å²) < 4.78 is 16.3. The second-order valence-electron chi connectivity index (χ2n) is 7.94. The number of carbonyl (C=O) groups is 3. The molecule has 4 heterocycles. The molecule has 0 spiro atoms. The van der Waals surface area contributed by atoms with Gasteiger partial charge < -0.3 is 19.2 Å². The number of furan rings is 1. The lowest BCUT2D eigenvalue weighted by Crippen LogP contribution is -2.70. The number of benzene rings is 1. The van der Waals surface area contributed by atoms with Crippen LogP contribution >= 0.6 is 23.1 Å². The Kier molecular flexibility index (Phi) is 6.65. The minimum absolute atomic E-state index is 0.0403. The van der Waals surface area contributed by atoms with Crippen molar-refractivity contribution in [3.63, 3.8) is 0 Å². The first kappa shape index (κ1) is 23.3. The van der Waals surface area contributed by atoms with Crippen molar-refractivity contribution in [2.45, 2.75) is 24.4 Å². The molecule has 2 amide bonds. The van der Waals surface area contributed by atoms with Crippen LogP contribution in [0.3, 0.4) is 0 Å². The number of esters is 1. The molecule has 2 aliphatic heterocycles. The topological polar surface area (TPSA) is 98.1 Å². The van der Waals surface area contributed by atoms with E-state index >= 15 is 0 Å². The molecule has 10 heteroatoms. The second-order valence-corrected chi connectivity index (χ2v) is 10.1. The number of carbonyl (C=O) groups excluding carboxylic acids is 3. The monoisotopic (exact) mass is 510 g/mol. The normalized spacial score (nSPS) is 19.1. The molecular formula is C25H22N2O6S2. The van der Waals surface area contributed by atoms with Crippen molar-refractivity contribution in [3.05, 3.63) is 82.1 Å². The van der Waals surface area contributed by atoms with E-state index in [9.17, 15) is 14.4 Å². The molecular weight excluding hydrogens is 488 g/mol. The maximum atomic E-state index is 13.2. The summed E-state index contributed by atoms with van der Waals surface area (Å²) in [7, 11) is 1.58. The largest absolute Gasteiger partial charge is 0.497 e. The van der Waals surface area contributed by atoms with Gasteiger partial charge in [-0.25, -0.2) is 4.79 Å². The lowest BCUT2D eigenvalue weighted by molar-refractivity contribution is -0.153. The first-order valence-electron chi connectivity index (χ1n) is 10.9. The molecule has 8 nitrogen and oxygen atoms in total. The van der Waals surface area contributed by atoms with Crippen LogP contribution in [0.5, 0.6) is 5.75 Å². The summed E-state index contributed by atoms with van der Waals surface area (Å²) >= 11 is 2.96. The van der Waals surface area contributed by atoms with Crippen molar-refractivity contribution in [1.29, 1.82) is 0 Å². The van der Waals surface area contributed by atoms with Gasteiger partial charge in [0.05, 0.1) is 19.8 Å². The molecule has 35 heavy (non-hydrogen) atoms. The lowest BCUT2D eigenvalue weighted by Gasteiger charge is -2.49. The summed E-state index contributed by atoms with van der Waals surface area (Å²) in [6.45, 7) is 0.0403. The number of hydrogen-bond acceptors (Lipinski definition) is 8. The van der Waals surface area contributed by atoms with Gasteiger partial charge in [0.2, 0.25) is 5.91 Å². The maximum absolute atomic E-state index is 13.2. The van der Waals surface area contributed by atoms with Crippen molar-refractivity contribution in [2.75, 3.05) is 12.9 Å². The molecule has 0 bridgehead atoms. The van der Waals surface area contributed by atoms with Crippen LogP contribution < -0.4 is 10.1 Å². The molecule has 1 aromatic carbocycles. The Morgan fingerprint density at radius 2 is 2.00 bits per heavy atom. The molecule has 2 aromatic heterocycles. The zero-order valence-corrected chi connectivity index (χ0v) is 20.4. The number of methoxy groups -OCH3 is 1.